The van der Waals surface area contributed by atoms with Gasteiger partial charge in [-0.05, 0) is 32.8 Å². The van der Waals surface area contributed by atoms with E-state index in [9.17, 15) is 4.79 Å². The second-order valence-corrected chi connectivity index (χ2v) is 6.28. The number of hydrogen-bond donors (Lipinski definition) is 1. The molecular weight excluding hydrogens is 300 g/mol. The van der Waals surface area contributed by atoms with Gasteiger partial charge in [0.2, 0.25) is 17.0 Å². The van der Waals surface area contributed by atoms with Crippen molar-refractivity contribution in [1.82, 2.24) is 20.2 Å². The Morgan fingerprint density at radius 3 is 2.55 bits per heavy atom. The highest BCUT2D eigenvalue weighted by atomic mass is 32.1. The van der Waals surface area contributed by atoms with E-state index < -0.39 is 0 Å². The number of rotatable bonds is 3. The number of amides is 1. The molecule has 1 amide bonds. The molecule has 1 N–H and O–H groups in total. The summed E-state index contributed by atoms with van der Waals surface area (Å²) >= 11 is 1.33. The maximum atomic E-state index is 12.2. The molecule has 1 saturated heterocycles. The number of carbonyl (C=O) groups excluding carboxylic acids is 1. The summed E-state index contributed by atoms with van der Waals surface area (Å²) in [5.41, 5.74) is 3.55. The summed E-state index contributed by atoms with van der Waals surface area (Å²) in [4.78, 5) is 23.3. The van der Waals surface area contributed by atoms with E-state index in [-0.39, 0.29) is 11.8 Å². The summed E-state index contributed by atoms with van der Waals surface area (Å²) in [6.07, 6.45) is 1.59. The third kappa shape index (κ3) is 3.38. The molecule has 0 unspecified atom stereocenters. The van der Waals surface area contributed by atoms with E-state index >= 15 is 0 Å². The van der Waals surface area contributed by atoms with Crippen molar-refractivity contribution >= 4 is 28.3 Å². The Hall–Kier alpha value is -2.09. The molecule has 0 bridgehead atoms. The lowest BCUT2D eigenvalue weighted by Gasteiger charge is -2.31. The molecule has 3 rings (SSSR count). The number of hydrogen-bond acceptors (Lipinski definition) is 7. The van der Waals surface area contributed by atoms with Crippen LogP contribution in [-0.2, 0) is 4.79 Å². The zero-order valence-corrected chi connectivity index (χ0v) is 13.4. The van der Waals surface area contributed by atoms with Gasteiger partial charge in [-0.3, -0.25) is 4.79 Å². The quantitative estimate of drug-likeness (QED) is 0.929. The van der Waals surface area contributed by atoms with E-state index in [0.29, 0.717) is 5.13 Å². The molecule has 7 nitrogen and oxygen atoms in total. The summed E-state index contributed by atoms with van der Waals surface area (Å²) in [7, 11) is 0. The molecular formula is C14H18N6OS. The van der Waals surface area contributed by atoms with E-state index in [1.54, 1.807) is 5.51 Å². The molecule has 8 heteroatoms. The molecule has 0 atom stereocenters. The van der Waals surface area contributed by atoms with Crippen LogP contribution in [0.25, 0.3) is 0 Å². The molecule has 0 saturated carbocycles. The van der Waals surface area contributed by atoms with E-state index in [4.69, 9.17) is 0 Å². The van der Waals surface area contributed by atoms with Gasteiger partial charge in [0.05, 0.1) is 0 Å². The third-order valence-electron chi connectivity index (χ3n) is 3.71. The van der Waals surface area contributed by atoms with Crippen molar-refractivity contribution in [3.05, 3.63) is 23.0 Å². The van der Waals surface area contributed by atoms with E-state index in [1.165, 1.54) is 11.3 Å². The van der Waals surface area contributed by atoms with Gasteiger partial charge in [0, 0.05) is 30.4 Å². The van der Waals surface area contributed by atoms with Crippen molar-refractivity contribution < 1.29 is 4.79 Å². The SMILES string of the molecule is Cc1cc(C)nc(N2CCC(C(=O)Nc3nncs3)CC2)n1. The first-order chi connectivity index (χ1) is 10.6. The van der Waals surface area contributed by atoms with Crippen LogP contribution in [0.2, 0.25) is 0 Å². The number of nitrogens with zero attached hydrogens (tertiary/aromatic N) is 5. The van der Waals surface area contributed by atoms with Gasteiger partial charge in [-0.1, -0.05) is 11.3 Å². The van der Waals surface area contributed by atoms with Gasteiger partial charge < -0.3 is 10.2 Å². The molecule has 1 aliphatic heterocycles. The summed E-state index contributed by atoms with van der Waals surface area (Å²) < 4.78 is 0. The van der Waals surface area contributed by atoms with E-state index in [1.807, 2.05) is 19.9 Å². The standard InChI is InChI=1S/C14H18N6OS/c1-9-7-10(2)17-13(16-9)20-5-3-11(4-6-20)12(21)18-14-19-15-8-22-14/h7-8,11H,3-6H2,1-2H3,(H,18,19,21). The van der Waals surface area contributed by atoms with Gasteiger partial charge in [0.1, 0.15) is 5.51 Å². The zero-order chi connectivity index (χ0) is 15.5. The monoisotopic (exact) mass is 318 g/mol. The minimum Gasteiger partial charge on any atom is -0.341 e. The van der Waals surface area contributed by atoms with Crippen molar-refractivity contribution in [2.24, 2.45) is 5.92 Å². The molecule has 2 aromatic rings. The minimum absolute atomic E-state index is 0.00561. The first kappa shape index (κ1) is 14.8. The van der Waals surface area contributed by atoms with Gasteiger partial charge in [0.25, 0.3) is 0 Å². The highest BCUT2D eigenvalue weighted by Gasteiger charge is 2.26. The van der Waals surface area contributed by atoms with Crippen molar-refractivity contribution in [3.63, 3.8) is 0 Å². The number of aryl methyl sites for hydroxylation is 2. The van der Waals surface area contributed by atoms with E-state index in [0.717, 1.165) is 43.3 Å². The predicted octanol–water partition coefficient (Wildman–Crippen LogP) is 1.80. The van der Waals surface area contributed by atoms with Crippen LogP contribution in [0, 0.1) is 19.8 Å². The number of aromatic nitrogens is 4. The zero-order valence-electron chi connectivity index (χ0n) is 12.6. The van der Waals surface area contributed by atoms with Gasteiger partial charge in [-0.2, -0.15) is 0 Å². The Kier molecular flexibility index (Phi) is 4.28. The van der Waals surface area contributed by atoms with Crippen molar-refractivity contribution in [2.75, 3.05) is 23.3 Å². The van der Waals surface area contributed by atoms with Crippen LogP contribution >= 0.6 is 11.3 Å². The average molecular weight is 318 g/mol. The lowest BCUT2D eigenvalue weighted by atomic mass is 9.96. The van der Waals surface area contributed by atoms with E-state index in [2.05, 4.69) is 30.4 Å². The number of carbonyl (C=O) groups is 1. The fraction of sp³-hybridized carbons (Fsp3) is 0.500. The molecule has 1 aliphatic rings. The first-order valence-electron chi connectivity index (χ1n) is 7.26. The molecule has 22 heavy (non-hydrogen) atoms. The fourth-order valence-electron chi connectivity index (χ4n) is 2.63. The topological polar surface area (TPSA) is 83.9 Å². The van der Waals surface area contributed by atoms with Crippen LogP contribution in [0.15, 0.2) is 11.6 Å². The number of anilines is 2. The lowest BCUT2D eigenvalue weighted by molar-refractivity contribution is -0.120. The molecule has 116 valence electrons. The maximum Gasteiger partial charge on any atom is 0.229 e. The van der Waals surface area contributed by atoms with Crippen LogP contribution in [0.1, 0.15) is 24.2 Å². The molecule has 1 fully saturated rings. The number of nitrogens with one attached hydrogen (secondary N) is 1. The highest BCUT2D eigenvalue weighted by molar-refractivity contribution is 7.13. The summed E-state index contributed by atoms with van der Waals surface area (Å²) in [5, 5.41) is 10.9. The van der Waals surface area contributed by atoms with Gasteiger partial charge in [-0.15, -0.1) is 10.2 Å². The smallest absolute Gasteiger partial charge is 0.229 e. The van der Waals surface area contributed by atoms with Crippen molar-refractivity contribution in [2.45, 2.75) is 26.7 Å². The third-order valence-corrected chi connectivity index (χ3v) is 4.32. The normalized spacial score (nSPS) is 15.8. The molecule has 0 aromatic carbocycles. The fourth-order valence-corrected chi connectivity index (χ4v) is 3.07. The maximum absolute atomic E-state index is 12.2. The van der Waals surface area contributed by atoms with Gasteiger partial charge in [0.15, 0.2) is 0 Å². The lowest BCUT2D eigenvalue weighted by Crippen LogP contribution is -2.39. The van der Waals surface area contributed by atoms with Crippen LogP contribution in [0.3, 0.4) is 0 Å². The Balaban J connectivity index is 1.59. The highest BCUT2D eigenvalue weighted by Crippen LogP contribution is 2.22. The Bertz CT molecular complexity index is 631. The molecule has 2 aromatic heterocycles. The second-order valence-electron chi connectivity index (χ2n) is 5.45. The first-order valence-corrected chi connectivity index (χ1v) is 8.14. The van der Waals surface area contributed by atoms with Crippen LogP contribution in [-0.4, -0.2) is 39.2 Å². The second kappa shape index (κ2) is 6.35. The number of piperidine rings is 1. The Morgan fingerprint density at radius 1 is 1.27 bits per heavy atom. The van der Waals surface area contributed by atoms with Gasteiger partial charge in [-0.25, -0.2) is 9.97 Å². The van der Waals surface area contributed by atoms with Crippen LogP contribution in [0.4, 0.5) is 11.1 Å². The van der Waals surface area contributed by atoms with Crippen LogP contribution < -0.4 is 10.2 Å². The summed E-state index contributed by atoms with van der Waals surface area (Å²) in [6.45, 7) is 5.52. The molecule has 0 aliphatic carbocycles. The predicted molar refractivity (Wildman–Crippen MR) is 85.0 cm³/mol. The minimum atomic E-state index is 0.00561. The van der Waals surface area contributed by atoms with Crippen LogP contribution in [0.5, 0.6) is 0 Å². The molecule has 0 spiro atoms. The average Bonchev–Trinajstić information content (AvgIpc) is 2.99. The largest absolute Gasteiger partial charge is 0.341 e. The molecule has 3 heterocycles. The summed E-state index contributed by atoms with van der Waals surface area (Å²) in [5.74, 6) is 0.796. The van der Waals surface area contributed by atoms with Crippen molar-refractivity contribution in [1.29, 1.82) is 0 Å². The molecule has 0 radical (unpaired) electrons. The Morgan fingerprint density at radius 2 is 1.95 bits per heavy atom. The summed E-state index contributed by atoms with van der Waals surface area (Å²) in [6, 6.07) is 1.96. The Labute approximate surface area is 132 Å². The van der Waals surface area contributed by atoms with Gasteiger partial charge >= 0.3 is 0 Å². The van der Waals surface area contributed by atoms with Crippen molar-refractivity contribution in [3.8, 4) is 0 Å².